The third-order valence-corrected chi connectivity index (χ3v) is 7.63. The minimum absolute atomic E-state index is 0.0515. The second-order valence-corrected chi connectivity index (χ2v) is 9.64. The molecule has 2 amide bonds. The SMILES string of the molecule is C#CCn1nnnc1SCC1=C(C(=O)O)N2C(=O)C(NC(=O)C(=NOC)c3nsc(N)n3)[C@@H]2SC1. The van der Waals surface area contributed by atoms with Gasteiger partial charge >= 0.3 is 5.97 Å². The Labute approximate surface area is 209 Å². The maximum absolute atomic E-state index is 12.9. The van der Waals surface area contributed by atoms with Gasteiger partial charge in [-0.05, 0) is 16.0 Å². The Bertz CT molecular complexity index is 1280. The number of terminal acetylenes is 1. The fourth-order valence-electron chi connectivity index (χ4n) is 3.25. The number of amides is 2. The molecule has 4 N–H and O–H groups in total. The number of nitrogen functional groups attached to an aromatic ring is 1. The highest BCUT2D eigenvalue weighted by molar-refractivity contribution is 8.01. The number of β-lactam (4-membered cyclic amide) rings is 1. The number of fused-ring (bicyclic) bond motifs is 1. The lowest BCUT2D eigenvalue weighted by atomic mass is 10.0. The quantitative estimate of drug-likeness (QED) is 0.111. The lowest BCUT2D eigenvalue weighted by molar-refractivity contribution is -0.150. The van der Waals surface area contributed by atoms with Crippen molar-refractivity contribution in [3.8, 4) is 12.3 Å². The summed E-state index contributed by atoms with van der Waals surface area (Å²) >= 11 is 3.39. The van der Waals surface area contributed by atoms with E-state index in [-0.39, 0.29) is 34.7 Å². The Balaban J connectivity index is 1.49. The average Bonchev–Trinajstić information content (AvgIpc) is 3.47. The van der Waals surface area contributed by atoms with E-state index in [1.165, 1.54) is 35.3 Å². The van der Waals surface area contributed by atoms with Crippen molar-refractivity contribution in [2.75, 3.05) is 24.3 Å². The molecule has 0 radical (unpaired) electrons. The number of hydrogen-bond donors (Lipinski definition) is 3. The summed E-state index contributed by atoms with van der Waals surface area (Å²) in [4.78, 5) is 47.5. The number of aliphatic carboxylic acids is 1. The molecule has 2 aromatic rings. The van der Waals surface area contributed by atoms with Crippen LogP contribution >= 0.6 is 35.1 Å². The second-order valence-electron chi connectivity index (χ2n) is 6.81. The average molecular weight is 537 g/mol. The number of nitrogens with zero attached hydrogens (tertiary/aromatic N) is 8. The van der Waals surface area contributed by atoms with Gasteiger partial charge in [-0.3, -0.25) is 14.5 Å². The van der Waals surface area contributed by atoms with Crippen LogP contribution in [0.15, 0.2) is 21.6 Å². The summed E-state index contributed by atoms with van der Waals surface area (Å²) in [7, 11) is 1.24. The van der Waals surface area contributed by atoms with Gasteiger partial charge in [0.15, 0.2) is 5.13 Å². The molecule has 182 valence electrons. The maximum atomic E-state index is 12.9. The number of carboxylic acids is 1. The molecule has 0 aliphatic carbocycles. The van der Waals surface area contributed by atoms with Crippen molar-refractivity contribution >= 4 is 63.7 Å². The number of carboxylic acid groups (broad SMARTS) is 1. The number of aromatic nitrogens is 6. The number of hydrogen-bond acceptors (Lipinski definition) is 14. The molecule has 2 atom stereocenters. The number of carbonyl (C=O) groups is 3. The highest BCUT2D eigenvalue weighted by Crippen LogP contribution is 2.41. The molecule has 4 rings (SSSR count). The van der Waals surface area contributed by atoms with E-state index in [1.54, 1.807) is 0 Å². The van der Waals surface area contributed by atoms with Gasteiger partial charge in [0.2, 0.25) is 16.7 Å². The monoisotopic (exact) mass is 536 g/mol. The zero-order valence-corrected chi connectivity index (χ0v) is 20.3. The Morgan fingerprint density at radius 3 is 2.94 bits per heavy atom. The van der Waals surface area contributed by atoms with E-state index in [2.05, 4.69) is 41.3 Å². The van der Waals surface area contributed by atoms with Crippen molar-refractivity contribution in [1.82, 2.24) is 39.8 Å². The predicted octanol–water partition coefficient (Wildman–Crippen LogP) is -1.38. The maximum Gasteiger partial charge on any atom is 0.352 e. The molecule has 2 aliphatic heterocycles. The molecule has 1 unspecified atom stereocenters. The first-order valence-corrected chi connectivity index (χ1v) is 12.4. The molecule has 35 heavy (non-hydrogen) atoms. The molecule has 0 spiro atoms. The zero-order valence-electron chi connectivity index (χ0n) is 17.8. The van der Waals surface area contributed by atoms with E-state index in [0.717, 1.165) is 16.4 Å². The number of oxime groups is 1. The Hall–Kier alpha value is -3.69. The van der Waals surface area contributed by atoms with Gasteiger partial charge in [0.05, 0.1) is 0 Å². The summed E-state index contributed by atoms with van der Waals surface area (Å²) in [5, 5.41) is 27.2. The molecule has 4 heterocycles. The Kier molecular flexibility index (Phi) is 7.18. The van der Waals surface area contributed by atoms with Crippen LogP contribution in [0.1, 0.15) is 5.82 Å². The molecule has 18 heteroatoms. The van der Waals surface area contributed by atoms with Crippen LogP contribution in [0.3, 0.4) is 0 Å². The van der Waals surface area contributed by atoms with E-state index in [0.29, 0.717) is 16.5 Å². The van der Waals surface area contributed by atoms with Crippen molar-refractivity contribution in [2.45, 2.75) is 23.1 Å². The van der Waals surface area contributed by atoms with Crippen LogP contribution in [0.25, 0.3) is 0 Å². The summed E-state index contributed by atoms with van der Waals surface area (Å²) in [5.41, 5.74) is 5.69. The van der Waals surface area contributed by atoms with Gasteiger partial charge in [-0.1, -0.05) is 22.8 Å². The molecular weight excluding hydrogens is 520 g/mol. The zero-order chi connectivity index (χ0) is 25.1. The van der Waals surface area contributed by atoms with Crippen LogP contribution in [0.4, 0.5) is 5.13 Å². The van der Waals surface area contributed by atoms with Crippen LogP contribution in [0.2, 0.25) is 0 Å². The minimum atomic E-state index is -1.25. The van der Waals surface area contributed by atoms with E-state index < -0.39 is 29.2 Å². The van der Waals surface area contributed by atoms with E-state index in [4.69, 9.17) is 17.0 Å². The molecule has 1 saturated heterocycles. The van der Waals surface area contributed by atoms with Gasteiger partial charge in [-0.25, -0.2) is 9.48 Å². The number of rotatable bonds is 9. The lowest BCUT2D eigenvalue weighted by Gasteiger charge is -2.49. The number of thioether (sulfide) groups is 2. The van der Waals surface area contributed by atoms with Crippen LogP contribution in [0.5, 0.6) is 0 Å². The largest absolute Gasteiger partial charge is 0.477 e. The standard InChI is InChI=1S/C17H16N10O5S3/c1-3-4-26-17(21-24-25-26)34-6-7-5-33-14-9(13(29)27(14)10(7)15(30)31)19-12(28)8(22-32-2)11-20-16(18)35-23-11/h1,9,14H,4-6H2,2H3,(H,19,28)(H,30,31)(H2,18,20,23)/t9?,14-/m0/s1. The summed E-state index contributed by atoms with van der Waals surface area (Å²) in [5.74, 6) is 0.339. The number of anilines is 1. The van der Waals surface area contributed by atoms with E-state index >= 15 is 0 Å². The first kappa shape index (κ1) is 24.4. The van der Waals surface area contributed by atoms with Crippen LogP contribution in [0, 0.1) is 12.3 Å². The molecule has 1 fully saturated rings. The van der Waals surface area contributed by atoms with Gasteiger partial charge in [-0.15, -0.1) is 23.3 Å². The van der Waals surface area contributed by atoms with Gasteiger partial charge < -0.3 is 21.0 Å². The molecule has 0 saturated carbocycles. The highest BCUT2D eigenvalue weighted by atomic mass is 32.2. The lowest BCUT2D eigenvalue weighted by Crippen LogP contribution is -2.71. The second kappa shape index (κ2) is 10.3. The van der Waals surface area contributed by atoms with Crippen molar-refractivity contribution in [1.29, 1.82) is 0 Å². The Morgan fingerprint density at radius 1 is 1.49 bits per heavy atom. The van der Waals surface area contributed by atoms with E-state index in [1.807, 2.05) is 0 Å². The first-order chi connectivity index (χ1) is 16.8. The topological polar surface area (TPSA) is 204 Å². The third kappa shape index (κ3) is 4.78. The highest BCUT2D eigenvalue weighted by Gasteiger charge is 2.54. The number of nitrogens with one attached hydrogen (secondary N) is 1. The van der Waals surface area contributed by atoms with E-state index in [9.17, 15) is 19.5 Å². The fraction of sp³-hybridized carbons (Fsp3) is 0.353. The number of nitrogens with two attached hydrogens (primary N) is 1. The summed E-state index contributed by atoms with van der Waals surface area (Å²) in [6.07, 6.45) is 5.30. The molecule has 15 nitrogen and oxygen atoms in total. The molecular formula is C17H16N10O5S3. The molecule has 2 aliphatic rings. The summed E-state index contributed by atoms with van der Waals surface area (Å²) < 4.78 is 5.34. The summed E-state index contributed by atoms with van der Waals surface area (Å²) in [6.45, 7) is 0.167. The predicted molar refractivity (Wildman–Crippen MR) is 125 cm³/mol. The van der Waals surface area contributed by atoms with Crippen LogP contribution in [-0.4, -0.2) is 93.1 Å². The van der Waals surface area contributed by atoms with Crippen molar-refractivity contribution in [2.24, 2.45) is 5.16 Å². The number of carbonyl (C=O) groups excluding carboxylic acids is 2. The Morgan fingerprint density at radius 2 is 2.29 bits per heavy atom. The van der Waals surface area contributed by atoms with Gasteiger partial charge in [0, 0.05) is 23.0 Å². The number of tetrazole rings is 1. The summed E-state index contributed by atoms with van der Waals surface area (Å²) in [6, 6.07) is -0.975. The minimum Gasteiger partial charge on any atom is -0.477 e. The van der Waals surface area contributed by atoms with Gasteiger partial charge in [-0.2, -0.15) is 9.36 Å². The molecule has 0 aromatic carbocycles. The molecule has 0 bridgehead atoms. The smallest absolute Gasteiger partial charge is 0.352 e. The van der Waals surface area contributed by atoms with Crippen molar-refractivity contribution in [3.63, 3.8) is 0 Å². The van der Waals surface area contributed by atoms with Crippen LogP contribution < -0.4 is 11.1 Å². The van der Waals surface area contributed by atoms with Gasteiger partial charge in [0.1, 0.15) is 30.8 Å². The molecule has 2 aromatic heterocycles. The normalized spacial score (nSPS) is 19.6. The van der Waals surface area contributed by atoms with Crippen molar-refractivity contribution in [3.05, 3.63) is 17.1 Å². The first-order valence-electron chi connectivity index (χ1n) is 9.59. The third-order valence-electron chi connectivity index (χ3n) is 4.70. The van der Waals surface area contributed by atoms with Crippen LogP contribution in [-0.2, 0) is 25.8 Å². The fourth-order valence-corrected chi connectivity index (χ4v) is 6.04. The van der Waals surface area contributed by atoms with Gasteiger partial charge in [0.25, 0.3) is 11.8 Å². The van der Waals surface area contributed by atoms with Crippen molar-refractivity contribution < 1.29 is 24.3 Å².